The number of hydrogen-bond donors (Lipinski definition) is 1. The molecule has 1 N–H and O–H groups in total. The van der Waals surface area contributed by atoms with Crippen molar-refractivity contribution in [1.29, 1.82) is 0 Å². The molecule has 1 aliphatic rings. The number of carbonyl (C=O) groups is 1. The number of pyridine rings is 2. The monoisotopic (exact) mass is 500 g/mol. The number of nitrogens with one attached hydrogen (secondary N) is 1. The van der Waals surface area contributed by atoms with Gasteiger partial charge in [0.15, 0.2) is 12.4 Å². The van der Waals surface area contributed by atoms with Crippen LogP contribution in [0.15, 0.2) is 36.8 Å². The number of halogens is 4. The van der Waals surface area contributed by atoms with E-state index in [2.05, 4.69) is 20.0 Å². The molecule has 1 fully saturated rings. The number of imidazole rings is 1. The van der Waals surface area contributed by atoms with Crippen molar-refractivity contribution >= 4 is 22.2 Å². The van der Waals surface area contributed by atoms with Gasteiger partial charge in [-0.25, -0.2) is 9.37 Å². The van der Waals surface area contributed by atoms with Crippen LogP contribution in [0.2, 0.25) is 0 Å². The van der Waals surface area contributed by atoms with Gasteiger partial charge in [0.2, 0.25) is 0 Å². The molecule has 4 heterocycles. The SMILES string of the molecule is CC1(NC(=O)c2cn3cc(Oc4ncc(F)cc4OCC(F)(F)F)ccc3n2)CC[S-](#[O+])CC1. The molecular formula is C21H20F4N4O4S. The first-order valence-electron chi connectivity index (χ1n) is 10.2. The average molecular weight is 500 g/mol. The van der Waals surface area contributed by atoms with Gasteiger partial charge in [-0.1, -0.05) is 0 Å². The summed E-state index contributed by atoms with van der Waals surface area (Å²) in [6, 6.07) is 3.76. The second-order valence-electron chi connectivity index (χ2n) is 8.08. The van der Waals surface area contributed by atoms with Gasteiger partial charge >= 0.3 is 129 Å². The van der Waals surface area contributed by atoms with E-state index < -0.39 is 40.5 Å². The fourth-order valence-electron chi connectivity index (χ4n) is 3.37. The molecule has 0 saturated carbocycles. The Morgan fingerprint density at radius 2 is 2.03 bits per heavy atom. The van der Waals surface area contributed by atoms with Crippen molar-refractivity contribution in [3.63, 3.8) is 0 Å². The van der Waals surface area contributed by atoms with Crippen LogP contribution in [0, 0.1) is 5.82 Å². The Balaban J connectivity index is 1.51. The molecule has 1 saturated heterocycles. The number of rotatable bonds is 6. The van der Waals surface area contributed by atoms with Crippen LogP contribution in [0.5, 0.6) is 17.4 Å². The van der Waals surface area contributed by atoms with Crippen molar-refractivity contribution in [2.75, 3.05) is 18.1 Å². The van der Waals surface area contributed by atoms with Gasteiger partial charge in [0.05, 0.1) is 6.20 Å². The molecule has 182 valence electrons. The third kappa shape index (κ3) is 5.89. The third-order valence-electron chi connectivity index (χ3n) is 5.23. The Labute approximate surface area is 193 Å². The summed E-state index contributed by atoms with van der Waals surface area (Å²) in [7, 11) is -0.863. The Morgan fingerprint density at radius 1 is 1.29 bits per heavy atom. The number of amides is 1. The first-order chi connectivity index (χ1) is 16.0. The van der Waals surface area contributed by atoms with E-state index in [4.69, 9.17) is 4.74 Å². The van der Waals surface area contributed by atoms with E-state index in [1.54, 1.807) is 0 Å². The van der Waals surface area contributed by atoms with Crippen LogP contribution < -0.4 is 14.8 Å². The van der Waals surface area contributed by atoms with Crippen molar-refractivity contribution in [3.05, 3.63) is 48.3 Å². The molecular weight excluding hydrogens is 480 g/mol. The van der Waals surface area contributed by atoms with Crippen molar-refractivity contribution in [1.82, 2.24) is 19.7 Å². The number of nitrogens with zero attached hydrogens (tertiary/aromatic N) is 3. The molecule has 3 aromatic rings. The van der Waals surface area contributed by atoms with Gasteiger partial charge in [-0.3, -0.25) is 0 Å². The van der Waals surface area contributed by atoms with Crippen LogP contribution in [0.4, 0.5) is 17.6 Å². The fourth-order valence-corrected chi connectivity index (χ4v) is 4.93. The zero-order valence-corrected chi connectivity index (χ0v) is 18.7. The summed E-state index contributed by atoms with van der Waals surface area (Å²) in [6.45, 7) is 0.263. The summed E-state index contributed by atoms with van der Waals surface area (Å²) in [4.78, 5) is 20.7. The summed E-state index contributed by atoms with van der Waals surface area (Å²) in [5.74, 6) is -0.943. The molecule has 3 aromatic heterocycles. The molecule has 4 rings (SSSR count). The van der Waals surface area contributed by atoms with Crippen molar-refractivity contribution < 1.29 is 35.9 Å². The second kappa shape index (κ2) is 9.29. The first-order valence-corrected chi connectivity index (χ1v) is 11.7. The molecule has 0 aliphatic carbocycles. The Hall–Kier alpha value is -3.06. The van der Waals surface area contributed by atoms with E-state index >= 15 is 0 Å². The molecule has 1 amide bonds. The van der Waals surface area contributed by atoms with E-state index in [0.29, 0.717) is 30.0 Å². The number of alkyl halides is 3. The number of aromatic nitrogens is 3. The van der Waals surface area contributed by atoms with Crippen molar-refractivity contribution in [3.8, 4) is 17.4 Å². The van der Waals surface area contributed by atoms with Gasteiger partial charge in [-0.15, -0.1) is 0 Å². The number of ether oxygens (including phenoxy) is 2. The first kappa shape index (κ1) is 24.1. The molecule has 8 nitrogen and oxygen atoms in total. The van der Waals surface area contributed by atoms with Gasteiger partial charge in [0, 0.05) is 6.07 Å². The molecule has 0 atom stereocenters. The predicted octanol–water partition coefficient (Wildman–Crippen LogP) is 3.85. The molecule has 0 unspecified atom stereocenters. The number of hydrogen-bond acceptors (Lipinski definition) is 6. The number of fused-ring (bicyclic) bond motifs is 1. The van der Waals surface area contributed by atoms with Crippen molar-refractivity contribution in [2.24, 2.45) is 0 Å². The third-order valence-corrected chi connectivity index (χ3v) is 6.54. The van der Waals surface area contributed by atoms with Crippen LogP contribution in [0.3, 0.4) is 0 Å². The van der Waals surface area contributed by atoms with E-state index in [1.165, 1.54) is 28.9 Å². The van der Waals surface area contributed by atoms with E-state index in [0.717, 1.165) is 12.3 Å². The van der Waals surface area contributed by atoms with Gasteiger partial charge < -0.3 is 4.74 Å². The van der Waals surface area contributed by atoms with Crippen molar-refractivity contribution in [2.45, 2.75) is 31.5 Å². The quantitative estimate of drug-likeness (QED) is 0.315. The van der Waals surface area contributed by atoms with Gasteiger partial charge in [-0.2, -0.15) is 13.2 Å². The van der Waals surface area contributed by atoms with Crippen LogP contribution in [-0.4, -0.2) is 50.1 Å². The Bertz CT molecular complexity index is 1290. The molecule has 0 radical (unpaired) electrons. The summed E-state index contributed by atoms with van der Waals surface area (Å²) in [5.41, 5.74) is 0.100. The minimum absolute atomic E-state index is 0.148. The topological polar surface area (TPSA) is 97.7 Å². The normalized spacial score (nSPS) is 16.4. The van der Waals surface area contributed by atoms with Gasteiger partial charge in [0.25, 0.3) is 5.88 Å². The van der Waals surface area contributed by atoms with Crippen LogP contribution >= 0.6 is 0 Å². The second-order valence-corrected chi connectivity index (χ2v) is 9.78. The molecule has 13 heteroatoms. The van der Waals surface area contributed by atoms with Crippen LogP contribution in [0.1, 0.15) is 30.3 Å². The molecule has 34 heavy (non-hydrogen) atoms. The van der Waals surface area contributed by atoms with E-state index in [1.807, 2.05) is 6.92 Å². The number of carbonyl (C=O) groups excluding carboxylic acids is 1. The average Bonchev–Trinajstić information content (AvgIpc) is 3.19. The Morgan fingerprint density at radius 3 is 2.74 bits per heavy atom. The summed E-state index contributed by atoms with van der Waals surface area (Å²) < 4.78 is 74.2. The Kier molecular flexibility index (Phi) is 6.58. The standard InChI is InChI=1S/C21H20F4N4O4S/c1-20(4-6-34(31)7-5-20)28-18(30)15-11-29-10-14(2-3-17(29)27-15)33-19-16(8-13(22)9-26-19)32-12-21(23,24)25/h2-3,8-11H,4-7,12H2,1H3,(H,28,30). The minimum atomic E-state index is -4.62. The molecule has 1 aliphatic heterocycles. The molecule has 0 spiro atoms. The summed E-state index contributed by atoms with van der Waals surface area (Å²) in [6.07, 6.45) is 0.280. The molecule has 0 aromatic carbocycles. The zero-order valence-electron chi connectivity index (χ0n) is 17.9. The predicted molar refractivity (Wildman–Crippen MR) is 114 cm³/mol. The van der Waals surface area contributed by atoms with Crippen LogP contribution in [0.25, 0.3) is 5.65 Å². The maximum absolute atomic E-state index is 13.5. The zero-order chi connectivity index (χ0) is 24.5. The van der Waals surface area contributed by atoms with Gasteiger partial charge in [-0.05, 0) is 0 Å². The van der Waals surface area contributed by atoms with E-state index in [9.17, 15) is 26.4 Å². The van der Waals surface area contributed by atoms with E-state index in [-0.39, 0.29) is 23.2 Å². The fraction of sp³-hybridized carbons (Fsp3) is 0.381. The summed E-state index contributed by atoms with van der Waals surface area (Å²) >= 11 is 0. The van der Waals surface area contributed by atoms with Gasteiger partial charge in [0.1, 0.15) is 5.82 Å². The molecule has 0 bridgehead atoms. The maximum atomic E-state index is 13.5. The summed E-state index contributed by atoms with van der Waals surface area (Å²) in [5, 5.41) is 2.95. The van der Waals surface area contributed by atoms with Crippen LogP contribution in [-0.2, 0) is 14.7 Å².